The summed E-state index contributed by atoms with van der Waals surface area (Å²) in [5, 5.41) is 8.94. The first-order valence-electron chi connectivity index (χ1n) is 6.35. The third kappa shape index (κ3) is 3.47. The molecule has 6 heteroatoms. The van der Waals surface area contributed by atoms with E-state index in [4.69, 9.17) is 5.11 Å². The van der Waals surface area contributed by atoms with Gasteiger partial charge in [0.1, 0.15) is 0 Å². The molecule has 0 amide bonds. The zero-order valence-corrected chi connectivity index (χ0v) is 12.0. The predicted molar refractivity (Wildman–Crippen MR) is 76.8 cm³/mol. The van der Waals surface area contributed by atoms with E-state index >= 15 is 0 Å². The highest BCUT2D eigenvalue weighted by Gasteiger charge is 2.17. The Balaban J connectivity index is 2.02. The number of rotatable bonds is 6. The number of aliphatic hydroxyl groups excluding tert-OH is 1. The van der Waals surface area contributed by atoms with Gasteiger partial charge in [0.2, 0.25) is 10.0 Å². The molecule has 0 bridgehead atoms. The second-order valence-corrected chi connectivity index (χ2v) is 6.45. The van der Waals surface area contributed by atoms with Crippen molar-refractivity contribution in [1.82, 2.24) is 9.71 Å². The molecule has 0 saturated carbocycles. The minimum absolute atomic E-state index is 0.0854. The molecule has 0 spiro atoms. The molecule has 5 nitrogen and oxygen atoms in total. The maximum Gasteiger partial charge on any atom is 0.242 e. The zero-order valence-electron chi connectivity index (χ0n) is 11.2. The summed E-state index contributed by atoms with van der Waals surface area (Å²) in [5.74, 6) is 0.0854. The van der Waals surface area contributed by atoms with Gasteiger partial charge in [-0.05, 0) is 17.5 Å². The van der Waals surface area contributed by atoms with Gasteiger partial charge in [-0.25, -0.2) is 13.1 Å². The largest absolute Gasteiger partial charge is 0.390 e. The number of hydrogen-bond donors (Lipinski definition) is 3. The summed E-state index contributed by atoms with van der Waals surface area (Å²) in [7, 11) is -3.54. The van der Waals surface area contributed by atoms with Crippen molar-refractivity contribution in [1.29, 1.82) is 0 Å². The molecule has 1 aromatic carbocycles. The molecule has 20 heavy (non-hydrogen) atoms. The van der Waals surface area contributed by atoms with Crippen molar-refractivity contribution < 1.29 is 13.5 Å². The van der Waals surface area contributed by atoms with Crippen LogP contribution in [0.2, 0.25) is 0 Å². The van der Waals surface area contributed by atoms with Gasteiger partial charge in [-0.15, -0.1) is 0 Å². The number of aromatic nitrogens is 1. The third-order valence-corrected chi connectivity index (χ3v) is 4.55. The molecule has 1 heterocycles. The number of aromatic amines is 1. The predicted octanol–water partition coefficient (Wildman–Crippen LogP) is 1.59. The second kappa shape index (κ2) is 6.21. The van der Waals surface area contributed by atoms with Crippen LogP contribution in [0.15, 0.2) is 47.5 Å². The number of hydrogen-bond acceptors (Lipinski definition) is 3. The Hall–Kier alpha value is -1.63. The van der Waals surface area contributed by atoms with Crippen molar-refractivity contribution in [2.24, 2.45) is 0 Å². The highest BCUT2D eigenvalue weighted by atomic mass is 32.2. The summed E-state index contributed by atoms with van der Waals surface area (Å²) >= 11 is 0. The molecule has 0 saturated heterocycles. The zero-order chi connectivity index (χ0) is 14.6. The molecule has 1 aromatic heterocycles. The van der Waals surface area contributed by atoms with Crippen LogP contribution < -0.4 is 4.72 Å². The van der Waals surface area contributed by atoms with Gasteiger partial charge in [-0.2, -0.15) is 0 Å². The molecule has 1 atom stereocenters. The lowest BCUT2D eigenvalue weighted by Crippen LogP contribution is -2.27. The molecule has 0 aliphatic rings. The van der Waals surface area contributed by atoms with Gasteiger partial charge < -0.3 is 10.1 Å². The first-order chi connectivity index (χ1) is 9.53. The average Bonchev–Trinajstić information content (AvgIpc) is 2.95. The Kier molecular flexibility index (Phi) is 4.59. The van der Waals surface area contributed by atoms with E-state index in [1.165, 1.54) is 12.3 Å². The van der Waals surface area contributed by atoms with Crippen LogP contribution in [0.1, 0.15) is 24.1 Å². The van der Waals surface area contributed by atoms with Crippen LogP contribution in [0.4, 0.5) is 0 Å². The Morgan fingerprint density at radius 3 is 2.60 bits per heavy atom. The number of aliphatic hydroxyl groups is 1. The van der Waals surface area contributed by atoms with E-state index in [9.17, 15) is 8.42 Å². The smallest absolute Gasteiger partial charge is 0.242 e. The SMILES string of the molecule is CC(CNS(=O)(=O)c1c[nH]c(CO)c1)c1ccccc1. The van der Waals surface area contributed by atoms with Gasteiger partial charge in [-0.3, -0.25) is 0 Å². The normalized spacial score (nSPS) is 13.3. The fraction of sp³-hybridized carbons (Fsp3) is 0.286. The fourth-order valence-corrected chi connectivity index (χ4v) is 3.03. The first-order valence-corrected chi connectivity index (χ1v) is 7.84. The molecule has 108 valence electrons. The number of sulfonamides is 1. The monoisotopic (exact) mass is 294 g/mol. The van der Waals surface area contributed by atoms with Crippen molar-refractivity contribution in [2.75, 3.05) is 6.54 Å². The topological polar surface area (TPSA) is 82.2 Å². The lowest BCUT2D eigenvalue weighted by atomic mass is 10.0. The van der Waals surface area contributed by atoms with Crippen molar-refractivity contribution >= 4 is 10.0 Å². The highest BCUT2D eigenvalue weighted by molar-refractivity contribution is 7.89. The van der Waals surface area contributed by atoms with Gasteiger partial charge in [0.05, 0.1) is 11.5 Å². The van der Waals surface area contributed by atoms with Gasteiger partial charge >= 0.3 is 0 Å². The quantitative estimate of drug-likeness (QED) is 0.756. The Morgan fingerprint density at radius 2 is 2.00 bits per heavy atom. The Labute approximate surface area is 118 Å². The van der Waals surface area contributed by atoms with Crippen LogP contribution in [-0.2, 0) is 16.6 Å². The molecule has 2 aromatic rings. The average molecular weight is 294 g/mol. The van der Waals surface area contributed by atoms with Crippen LogP contribution in [0.5, 0.6) is 0 Å². The standard InChI is InChI=1S/C14H18N2O3S/c1-11(12-5-3-2-4-6-12)8-16-20(18,19)14-7-13(10-17)15-9-14/h2-7,9,11,15-17H,8,10H2,1H3. The number of nitrogens with one attached hydrogen (secondary N) is 2. The van der Waals surface area contributed by atoms with E-state index in [1.54, 1.807) is 0 Å². The minimum Gasteiger partial charge on any atom is -0.390 e. The van der Waals surface area contributed by atoms with Crippen LogP contribution >= 0.6 is 0 Å². The van der Waals surface area contributed by atoms with Crippen molar-refractivity contribution in [2.45, 2.75) is 24.3 Å². The van der Waals surface area contributed by atoms with Crippen LogP contribution in [0, 0.1) is 0 Å². The van der Waals surface area contributed by atoms with Gasteiger partial charge in [0.15, 0.2) is 0 Å². The maximum absolute atomic E-state index is 12.1. The molecule has 0 aliphatic carbocycles. The maximum atomic E-state index is 12.1. The summed E-state index contributed by atoms with van der Waals surface area (Å²) in [6.45, 7) is 2.08. The van der Waals surface area contributed by atoms with E-state index in [2.05, 4.69) is 9.71 Å². The molecule has 0 radical (unpaired) electrons. The number of H-pyrrole nitrogens is 1. The van der Waals surface area contributed by atoms with E-state index in [0.717, 1.165) is 5.56 Å². The Bertz CT molecular complexity index is 650. The fourth-order valence-electron chi connectivity index (χ4n) is 1.88. The van der Waals surface area contributed by atoms with Gasteiger partial charge in [-0.1, -0.05) is 37.3 Å². The van der Waals surface area contributed by atoms with E-state index < -0.39 is 10.0 Å². The van der Waals surface area contributed by atoms with Crippen molar-refractivity contribution in [3.05, 3.63) is 53.9 Å². The lowest BCUT2D eigenvalue weighted by molar-refractivity contribution is 0.277. The van der Waals surface area contributed by atoms with Gasteiger partial charge in [0.25, 0.3) is 0 Å². The molecule has 0 fully saturated rings. The third-order valence-electron chi connectivity index (χ3n) is 3.15. The molecule has 1 unspecified atom stereocenters. The van der Waals surface area contributed by atoms with Crippen molar-refractivity contribution in [3.63, 3.8) is 0 Å². The number of benzene rings is 1. The summed E-state index contributed by atoms with van der Waals surface area (Å²) < 4.78 is 26.8. The van der Waals surface area contributed by atoms with E-state index in [0.29, 0.717) is 12.2 Å². The lowest BCUT2D eigenvalue weighted by Gasteiger charge is -2.12. The summed E-state index contributed by atoms with van der Waals surface area (Å²) in [4.78, 5) is 2.85. The van der Waals surface area contributed by atoms with E-state index in [1.807, 2.05) is 37.3 Å². The Morgan fingerprint density at radius 1 is 1.30 bits per heavy atom. The first kappa shape index (κ1) is 14.8. The highest BCUT2D eigenvalue weighted by Crippen LogP contribution is 2.15. The molecule has 2 rings (SSSR count). The molecular weight excluding hydrogens is 276 g/mol. The summed E-state index contributed by atoms with van der Waals surface area (Å²) in [5.41, 5.74) is 1.56. The minimum atomic E-state index is -3.54. The van der Waals surface area contributed by atoms with E-state index in [-0.39, 0.29) is 17.4 Å². The van der Waals surface area contributed by atoms with Crippen LogP contribution in [-0.4, -0.2) is 25.1 Å². The molecule has 0 aliphatic heterocycles. The van der Waals surface area contributed by atoms with Crippen LogP contribution in [0.3, 0.4) is 0 Å². The second-order valence-electron chi connectivity index (χ2n) is 4.68. The van der Waals surface area contributed by atoms with Crippen LogP contribution in [0.25, 0.3) is 0 Å². The molecule has 3 N–H and O–H groups in total. The summed E-state index contributed by atoms with van der Waals surface area (Å²) in [6, 6.07) is 11.2. The van der Waals surface area contributed by atoms with Gasteiger partial charge in [0, 0.05) is 18.4 Å². The summed E-state index contributed by atoms with van der Waals surface area (Å²) in [6.07, 6.45) is 1.38. The molecular formula is C14H18N2O3S. The van der Waals surface area contributed by atoms with Crippen molar-refractivity contribution in [3.8, 4) is 0 Å².